The summed E-state index contributed by atoms with van der Waals surface area (Å²) >= 11 is 0. The lowest BCUT2D eigenvalue weighted by Gasteiger charge is -2.40. The van der Waals surface area contributed by atoms with Gasteiger partial charge < -0.3 is 15.1 Å². The molecule has 0 radical (unpaired) electrons. The quantitative estimate of drug-likeness (QED) is 0.765. The van der Waals surface area contributed by atoms with E-state index in [9.17, 15) is 0 Å². The highest BCUT2D eigenvalue weighted by Crippen LogP contribution is 2.20. The molecule has 2 rings (SSSR count). The van der Waals surface area contributed by atoms with Crippen molar-refractivity contribution in [2.75, 3.05) is 66.0 Å². The molecule has 21 heavy (non-hydrogen) atoms. The van der Waals surface area contributed by atoms with E-state index in [1.165, 1.54) is 78.2 Å². The van der Waals surface area contributed by atoms with Crippen molar-refractivity contribution in [1.82, 2.24) is 20.0 Å². The summed E-state index contributed by atoms with van der Waals surface area (Å²) in [5.41, 5.74) is 0. The molecule has 2 fully saturated rings. The summed E-state index contributed by atoms with van der Waals surface area (Å²) in [6.07, 6.45) is 3.90. The third-order valence-corrected chi connectivity index (χ3v) is 5.33. The maximum atomic E-state index is 3.76. The number of hydrogen-bond donors (Lipinski definition) is 1. The molecule has 4 heteroatoms. The molecule has 0 aromatic heterocycles. The van der Waals surface area contributed by atoms with Crippen molar-refractivity contribution >= 4 is 0 Å². The van der Waals surface area contributed by atoms with Crippen LogP contribution in [0.5, 0.6) is 0 Å². The van der Waals surface area contributed by atoms with Crippen LogP contribution in [0.4, 0.5) is 0 Å². The predicted octanol–water partition coefficient (Wildman–Crippen LogP) is 1.33. The lowest BCUT2D eigenvalue weighted by atomic mass is 9.90. The molecule has 0 spiro atoms. The molecule has 0 aromatic rings. The second kappa shape index (κ2) is 9.09. The van der Waals surface area contributed by atoms with Gasteiger partial charge in [-0.15, -0.1) is 0 Å². The Kier molecular flexibility index (Phi) is 7.44. The Hall–Kier alpha value is -0.160. The van der Waals surface area contributed by atoms with Gasteiger partial charge in [-0.1, -0.05) is 20.3 Å². The molecular formula is C17H36N4. The van der Waals surface area contributed by atoms with E-state index >= 15 is 0 Å². The van der Waals surface area contributed by atoms with Crippen molar-refractivity contribution in [3.05, 3.63) is 0 Å². The third kappa shape index (κ3) is 5.51. The second-order valence-electron chi connectivity index (χ2n) is 6.96. The van der Waals surface area contributed by atoms with Gasteiger partial charge in [0.2, 0.25) is 0 Å². The first-order valence-corrected chi connectivity index (χ1v) is 9.09. The minimum atomic E-state index is 0.759. The summed E-state index contributed by atoms with van der Waals surface area (Å²) in [5, 5.41) is 3.76. The Balaban J connectivity index is 1.68. The molecular weight excluding hydrogens is 260 g/mol. The minimum absolute atomic E-state index is 0.759. The van der Waals surface area contributed by atoms with Gasteiger partial charge in [0.15, 0.2) is 0 Å². The summed E-state index contributed by atoms with van der Waals surface area (Å²) in [5.74, 6) is 0.845. The SMILES string of the molecule is CCCNC1CCN(CCN2CCN(C)CC2)CC1CC. The molecule has 0 aromatic carbocycles. The number of hydrogen-bond acceptors (Lipinski definition) is 4. The molecule has 1 N–H and O–H groups in total. The van der Waals surface area contributed by atoms with Crippen LogP contribution in [0.15, 0.2) is 0 Å². The first-order valence-electron chi connectivity index (χ1n) is 9.09. The van der Waals surface area contributed by atoms with Gasteiger partial charge in [-0.05, 0) is 38.9 Å². The highest BCUT2D eigenvalue weighted by atomic mass is 15.3. The number of nitrogens with one attached hydrogen (secondary N) is 1. The molecule has 2 atom stereocenters. The van der Waals surface area contributed by atoms with E-state index in [1.54, 1.807) is 0 Å². The molecule has 2 aliphatic rings. The maximum Gasteiger partial charge on any atom is 0.0120 e. The number of piperidine rings is 1. The van der Waals surface area contributed by atoms with Gasteiger partial charge in [-0.25, -0.2) is 0 Å². The van der Waals surface area contributed by atoms with Crippen LogP contribution in [-0.4, -0.2) is 86.7 Å². The molecule has 0 bridgehead atoms. The molecule has 2 saturated heterocycles. The van der Waals surface area contributed by atoms with Crippen LogP contribution < -0.4 is 5.32 Å². The number of piperazine rings is 1. The number of rotatable bonds is 7. The molecule has 0 amide bonds. The molecule has 2 unspecified atom stereocenters. The fraction of sp³-hybridized carbons (Fsp3) is 1.00. The Morgan fingerprint density at radius 3 is 2.33 bits per heavy atom. The Bertz CT molecular complexity index is 276. The number of likely N-dealkylation sites (tertiary alicyclic amines) is 1. The Morgan fingerprint density at radius 1 is 0.952 bits per heavy atom. The van der Waals surface area contributed by atoms with Gasteiger partial charge in [-0.2, -0.15) is 0 Å². The number of nitrogens with zero attached hydrogens (tertiary/aromatic N) is 3. The maximum absolute atomic E-state index is 3.76. The topological polar surface area (TPSA) is 21.8 Å². The number of likely N-dealkylation sites (N-methyl/N-ethyl adjacent to an activating group) is 1. The van der Waals surface area contributed by atoms with E-state index in [1.807, 2.05) is 0 Å². The van der Waals surface area contributed by atoms with Crippen LogP contribution in [0.3, 0.4) is 0 Å². The van der Waals surface area contributed by atoms with Crippen LogP contribution in [0, 0.1) is 5.92 Å². The van der Waals surface area contributed by atoms with Gasteiger partial charge in [0, 0.05) is 51.9 Å². The van der Waals surface area contributed by atoms with Gasteiger partial charge in [0.05, 0.1) is 0 Å². The minimum Gasteiger partial charge on any atom is -0.314 e. The molecule has 2 aliphatic heterocycles. The van der Waals surface area contributed by atoms with Crippen molar-refractivity contribution in [2.45, 2.75) is 39.2 Å². The van der Waals surface area contributed by atoms with Gasteiger partial charge in [0.1, 0.15) is 0 Å². The largest absolute Gasteiger partial charge is 0.314 e. The zero-order chi connectivity index (χ0) is 15.1. The van der Waals surface area contributed by atoms with E-state index < -0.39 is 0 Å². The normalized spacial score (nSPS) is 29.9. The van der Waals surface area contributed by atoms with Gasteiger partial charge in [-0.3, -0.25) is 4.90 Å². The van der Waals surface area contributed by atoms with Crippen molar-refractivity contribution < 1.29 is 0 Å². The zero-order valence-electron chi connectivity index (χ0n) is 14.5. The van der Waals surface area contributed by atoms with E-state index in [0.717, 1.165) is 12.0 Å². The third-order valence-electron chi connectivity index (χ3n) is 5.33. The average molecular weight is 297 g/mol. The Labute approximate surface area is 131 Å². The van der Waals surface area contributed by atoms with Crippen molar-refractivity contribution in [2.24, 2.45) is 5.92 Å². The van der Waals surface area contributed by atoms with Crippen LogP contribution >= 0.6 is 0 Å². The van der Waals surface area contributed by atoms with Crippen LogP contribution in [0.25, 0.3) is 0 Å². The van der Waals surface area contributed by atoms with Crippen molar-refractivity contribution in [1.29, 1.82) is 0 Å². The monoisotopic (exact) mass is 296 g/mol. The summed E-state index contributed by atoms with van der Waals surface area (Å²) < 4.78 is 0. The van der Waals surface area contributed by atoms with E-state index in [2.05, 4.69) is 40.9 Å². The molecule has 0 saturated carbocycles. The van der Waals surface area contributed by atoms with Crippen molar-refractivity contribution in [3.8, 4) is 0 Å². The van der Waals surface area contributed by atoms with Crippen LogP contribution in [0.2, 0.25) is 0 Å². The molecule has 124 valence electrons. The summed E-state index contributed by atoms with van der Waals surface area (Å²) in [6.45, 7) is 15.9. The van der Waals surface area contributed by atoms with Crippen LogP contribution in [-0.2, 0) is 0 Å². The fourth-order valence-corrected chi connectivity index (χ4v) is 3.68. The molecule has 0 aliphatic carbocycles. The summed E-state index contributed by atoms with van der Waals surface area (Å²) in [7, 11) is 2.23. The highest BCUT2D eigenvalue weighted by Gasteiger charge is 2.27. The van der Waals surface area contributed by atoms with Gasteiger partial charge >= 0.3 is 0 Å². The average Bonchev–Trinajstić information content (AvgIpc) is 2.52. The Morgan fingerprint density at radius 2 is 1.67 bits per heavy atom. The van der Waals surface area contributed by atoms with E-state index in [-0.39, 0.29) is 0 Å². The predicted molar refractivity (Wildman–Crippen MR) is 90.9 cm³/mol. The standard InChI is InChI=1S/C17H36N4/c1-4-7-18-17-6-8-21(15-16(17)5-2)14-13-20-11-9-19(3)10-12-20/h16-18H,4-15H2,1-3H3. The second-order valence-corrected chi connectivity index (χ2v) is 6.96. The van der Waals surface area contributed by atoms with E-state index in [0.29, 0.717) is 0 Å². The van der Waals surface area contributed by atoms with E-state index in [4.69, 9.17) is 0 Å². The smallest absolute Gasteiger partial charge is 0.0120 e. The molecule has 2 heterocycles. The van der Waals surface area contributed by atoms with Gasteiger partial charge in [0.25, 0.3) is 0 Å². The first kappa shape index (κ1) is 17.2. The molecule has 4 nitrogen and oxygen atoms in total. The highest BCUT2D eigenvalue weighted by molar-refractivity contribution is 4.85. The lowest BCUT2D eigenvalue weighted by Crippen LogP contribution is -2.52. The summed E-state index contributed by atoms with van der Waals surface area (Å²) in [4.78, 5) is 7.79. The van der Waals surface area contributed by atoms with Crippen LogP contribution in [0.1, 0.15) is 33.1 Å². The first-order chi connectivity index (χ1) is 10.2. The van der Waals surface area contributed by atoms with Crippen molar-refractivity contribution in [3.63, 3.8) is 0 Å². The summed E-state index contributed by atoms with van der Waals surface area (Å²) in [6, 6.07) is 0.759. The zero-order valence-corrected chi connectivity index (χ0v) is 14.5. The fourth-order valence-electron chi connectivity index (χ4n) is 3.68. The lowest BCUT2D eigenvalue weighted by molar-refractivity contribution is 0.101.